The van der Waals surface area contributed by atoms with Gasteiger partial charge in [-0.05, 0) is 27.2 Å². The maximum absolute atomic E-state index is 12.1. The Balaban J connectivity index is 2.83. The van der Waals surface area contributed by atoms with Gasteiger partial charge in [0.15, 0.2) is 5.79 Å². The smallest absolute Gasteiger partial charge is 0.407 e. The van der Waals surface area contributed by atoms with Crippen LogP contribution in [-0.4, -0.2) is 47.9 Å². The van der Waals surface area contributed by atoms with Gasteiger partial charge in [-0.2, -0.15) is 0 Å². The molecule has 1 unspecified atom stereocenters. The van der Waals surface area contributed by atoms with Gasteiger partial charge in [0.05, 0.1) is 12.1 Å². The molecule has 0 aromatic carbocycles. The van der Waals surface area contributed by atoms with E-state index >= 15 is 0 Å². The number of rotatable bonds is 6. The Morgan fingerprint density at radius 2 is 2.04 bits per heavy atom. The van der Waals surface area contributed by atoms with Crippen molar-refractivity contribution in [1.29, 1.82) is 0 Å². The Bertz CT molecular complexity index is 393. The summed E-state index contributed by atoms with van der Waals surface area (Å²) in [6.07, 6.45) is 0.246. The number of carbonyl (C=O) groups excluding carboxylic acids is 1. The highest BCUT2D eigenvalue weighted by molar-refractivity contribution is 5.68. The zero-order chi connectivity index (χ0) is 17.8. The summed E-state index contributed by atoms with van der Waals surface area (Å²) in [5, 5.41) is 13.3. The minimum atomic E-state index is -0.814. The summed E-state index contributed by atoms with van der Waals surface area (Å²) in [5.74, 6) is -0.720. The van der Waals surface area contributed by atoms with Gasteiger partial charge in [-0.3, -0.25) is 0 Å². The summed E-state index contributed by atoms with van der Waals surface area (Å²) in [7, 11) is 1.59. The molecule has 0 saturated carbocycles. The van der Waals surface area contributed by atoms with Crippen LogP contribution < -0.4 is 5.32 Å². The standard InChI is InChI=1S/C17H33NO5/c1-8-9-12(18-15(20)23-16(4,5)6)14-13(19)10-17(21-7,22-14)11(2)3/h11-14,19H,8-10H2,1-7H3,(H,18,20)/t12-,13-,14-,17?/m1/s1. The molecular formula is C17H33NO5. The maximum Gasteiger partial charge on any atom is 0.407 e. The SMILES string of the molecule is CCC[C@@H](NC(=O)OC(C)(C)C)[C@H]1OC(OC)(C(C)C)C[C@H]1O. The molecular weight excluding hydrogens is 298 g/mol. The van der Waals surface area contributed by atoms with Crippen molar-refractivity contribution in [1.82, 2.24) is 5.32 Å². The molecule has 1 rings (SSSR count). The van der Waals surface area contributed by atoms with E-state index in [2.05, 4.69) is 5.32 Å². The molecule has 1 amide bonds. The first kappa shape index (κ1) is 20.2. The predicted octanol–water partition coefficient (Wildman–Crippen LogP) is 2.83. The fourth-order valence-electron chi connectivity index (χ4n) is 2.94. The van der Waals surface area contributed by atoms with Crippen LogP contribution in [-0.2, 0) is 14.2 Å². The molecule has 0 bridgehead atoms. The molecule has 0 radical (unpaired) electrons. The summed E-state index contributed by atoms with van der Waals surface area (Å²) in [5.41, 5.74) is -0.565. The van der Waals surface area contributed by atoms with Crippen LogP contribution in [0.3, 0.4) is 0 Å². The number of carbonyl (C=O) groups is 1. The maximum atomic E-state index is 12.1. The monoisotopic (exact) mass is 331 g/mol. The lowest BCUT2D eigenvalue weighted by molar-refractivity contribution is -0.240. The largest absolute Gasteiger partial charge is 0.444 e. The lowest BCUT2D eigenvalue weighted by Crippen LogP contribution is -2.49. The summed E-state index contributed by atoms with van der Waals surface area (Å²) < 4.78 is 16.9. The Morgan fingerprint density at radius 1 is 1.43 bits per heavy atom. The molecule has 6 heteroatoms. The van der Waals surface area contributed by atoms with Gasteiger partial charge in [-0.25, -0.2) is 4.79 Å². The third-order valence-electron chi connectivity index (χ3n) is 4.13. The van der Waals surface area contributed by atoms with Crippen LogP contribution in [0.4, 0.5) is 4.79 Å². The Labute approximate surface area is 139 Å². The van der Waals surface area contributed by atoms with E-state index in [9.17, 15) is 9.90 Å². The van der Waals surface area contributed by atoms with Gasteiger partial charge in [-0.15, -0.1) is 0 Å². The van der Waals surface area contributed by atoms with Crippen molar-refractivity contribution in [3.05, 3.63) is 0 Å². The number of methoxy groups -OCH3 is 1. The molecule has 1 aliphatic heterocycles. The van der Waals surface area contributed by atoms with E-state index in [1.165, 1.54) is 0 Å². The molecule has 0 aromatic heterocycles. The van der Waals surface area contributed by atoms with Crippen LogP contribution in [0.1, 0.15) is 60.8 Å². The van der Waals surface area contributed by atoms with Gasteiger partial charge in [0.25, 0.3) is 0 Å². The predicted molar refractivity (Wildman–Crippen MR) is 88.1 cm³/mol. The van der Waals surface area contributed by atoms with Gasteiger partial charge in [0.2, 0.25) is 0 Å². The molecule has 23 heavy (non-hydrogen) atoms. The number of hydrogen-bond donors (Lipinski definition) is 2. The van der Waals surface area contributed by atoms with Crippen LogP contribution in [0.5, 0.6) is 0 Å². The van der Waals surface area contributed by atoms with Crippen molar-refractivity contribution in [3.8, 4) is 0 Å². The number of aliphatic hydroxyl groups is 1. The summed E-state index contributed by atoms with van der Waals surface area (Å²) >= 11 is 0. The third kappa shape index (κ3) is 5.33. The molecule has 6 nitrogen and oxygen atoms in total. The van der Waals surface area contributed by atoms with E-state index in [4.69, 9.17) is 14.2 Å². The van der Waals surface area contributed by atoms with E-state index in [1.807, 2.05) is 41.5 Å². The van der Waals surface area contributed by atoms with Gasteiger partial charge in [-0.1, -0.05) is 27.2 Å². The second-order valence-corrected chi connectivity index (χ2v) is 7.57. The topological polar surface area (TPSA) is 77.0 Å². The number of ether oxygens (including phenoxy) is 3. The van der Waals surface area contributed by atoms with Crippen molar-refractivity contribution < 1.29 is 24.1 Å². The first-order valence-electron chi connectivity index (χ1n) is 8.45. The molecule has 136 valence electrons. The fraction of sp³-hybridized carbons (Fsp3) is 0.941. The van der Waals surface area contributed by atoms with Crippen LogP contribution in [0.2, 0.25) is 0 Å². The van der Waals surface area contributed by atoms with Crippen molar-refractivity contribution in [2.24, 2.45) is 5.92 Å². The van der Waals surface area contributed by atoms with Crippen LogP contribution in [0, 0.1) is 5.92 Å². The molecule has 1 saturated heterocycles. The number of hydrogen-bond acceptors (Lipinski definition) is 5. The van der Waals surface area contributed by atoms with Gasteiger partial charge in [0.1, 0.15) is 11.7 Å². The van der Waals surface area contributed by atoms with E-state index in [-0.39, 0.29) is 12.0 Å². The highest BCUT2D eigenvalue weighted by atomic mass is 16.7. The van der Waals surface area contributed by atoms with Gasteiger partial charge < -0.3 is 24.6 Å². The zero-order valence-electron chi connectivity index (χ0n) is 15.5. The lowest BCUT2D eigenvalue weighted by atomic mass is 9.96. The van der Waals surface area contributed by atoms with Crippen LogP contribution in [0.25, 0.3) is 0 Å². The first-order chi connectivity index (χ1) is 10.5. The molecule has 1 heterocycles. The van der Waals surface area contributed by atoms with E-state index in [0.29, 0.717) is 12.8 Å². The molecule has 0 aliphatic carbocycles. The van der Waals surface area contributed by atoms with Crippen molar-refractivity contribution >= 4 is 6.09 Å². The number of amides is 1. The van der Waals surface area contributed by atoms with Crippen LogP contribution >= 0.6 is 0 Å². The van der Waals surface area contributed by atoms with Gasteiger partial charge >= 0.3 is 6.09 Å². The second-order valence-electron chi connectivity index (χ2n) is 7.57. The lowest BCUT2D eigenvalue weighted by Gasteiger charge is -2.33. The molecule has 4 atom stereocenters. The summed E-state index contributed by atoms with van der Waals surface area (Å²) in [6, 6.07) is -0.319. The average Bonchev–Trinajstić information content (AvgIpc) is 2.74. The molecule has 1 fully saturated rings. The first-order valence-corrected chi connectivity index (χ1v) is 8.45. The Morgan fingerprint density at radius 3 is 2.43 bits per heavy atom. The van der Waals surface area contributed by atoms with Crippen molar-refractivity contribution in [2.75, 3.05) is 7.11 Å². The quantitative estimate of drug-likeness (QED) is 0.782. The summed E-state index contributed by atoms with van der Waals surface area (Å²) in [6.45, 7) is 11.5. The Kier molecular flexibility index (Phi) is 6.86. The van der Waals surface area contributed by atoms with E-state index in [1.54, 1.807) is 7.11 Å². The number of aliphatic hydroxyl groups excluding tert-OH is 1. The molecule has 2 N–H and O–H groups in total. The minimum Gasteiger partial charge on any atom is -0.444 e. The normalized spacial score (nSPS) is 29.6. The average molecular weight is 331 g/mol. The van der Waals surface area contributed by atoms with E-state index in [0.717, 1.165) is 6.42 Å². The van der Waals surface area contributed by atoms with Crippen molar-refractivity contribution in [2.45, 2.75) is 90.4 Å². The number of alkyl carbamates (subject to hydrolysis) is 1. The fourth-order valence-corrected chi connectivity index (χ4v) is 2.94. The molecule has 0 aromatic rings. The second kappa shape index (κ2) is 7.81. The molecule has 0 spiro atoms. The van der Waals surface area contributed by atoms with Crippen molar-refractivity contribution in [3.63, 3.8) is 0 Å². The zero-order valence-corrected chi connectivity index (χ0v) is 15.5. The van der Waals surface area contributed by atoms with E-state index < -0.39 is 29.7 Å². The highest BCUT2D eigenvalue weighted by Gasteiger charge is 2.51. The van der Waals surface area contributed by atoms with Crippen LogP contribution in [0.15, 0.2) is 0 Å². The Hall–Kier alpha value is -0.850. The number of nitrogens with one attached hydrogen (secondary N) is 1. The van der Waals surface area contributed by atoms with Gasteiger partial charge in [0, 0.05) is 19.4 Å². The summed E-state index contributed by atoms with van der Waals surface area (Å²) in [4.78, 5) is 12.1. The highest BCUT2D eigenvalue weighted by Crippen LogP contribution is 2.39. The third-order valence-corrected chi connectivity index (χ3v) is 4.13. The molecule has 1 aliphatic rings. The minimum absolute atomic E-state index is 0.0935.